The maximum absolute atomic E-state index is 12.3. The molecule has 0 aliphatic carbocycles. The molecule has 0 amide bonds. The number of aromatic amines is 1. The highest BCUT2D eigenvalue weighted by molar-refractivity contribution is 7.89. The third kappa shape index (κ3) is 2.79. The number of pyridine rings is 1. The first-order valence-electron chi connectivity index (χ1n) is 8.57. The smallest absolute Gasteiger partial charge is 0.213 e. The van der Waals surface area contributed by atoms with Crippen LogP contribution in [0.1, 0.15) is 37.2 Å². The van der Waals surface area contributed by atoms with Crippen LogP contribution >= 0.6 is 0 Å². The van der Waals surface area contributed by atoms with E-state index in [9.17, 15) is 8.42 Å². The Morgan fingerprint density at radius 3 is 3.00 bits per heavy atom. The predicted octanol–water partition coefficient (Wildman–Crippen LogP) is 2.34. The molecule has 1 unspecified atom stereocenters. The Balaban J connectivity index is 1.87. The molecule has 0 bridgehead atoms. The van der Waals surface area contributed by atoms with Crippen LogP contribution in [0, 0.1) is 6.92 Å². The molecule has 1 aliphatic heterocycles. The van der Waals surface area contributed by atoms with Gasteiger partial charge >= 0.3 is 0 Å². The van der Waals surface area contributed by atoms with Crippen LogP contribution in [0.2, 0.25) is 0 Å². The lowest BCUT2D eigenvalue weighted by atomic mass is 9.92. The van der Waals surface area contributed by atoms with E-state index in [1.807, 2.05) is 19.2 Å². The highest BCUT2D eigenvalue weighted by Gasteiger charge is 2.30. The van der Waals surface area contributed by atoms with Crippen molar-refractivity contribution in [3.63, 3.8) is 0 Å². The standard InChI is InChI=1S/C17H21N5O2S/c1-3-25(23,24)22-8-4-5-12(10-22)16-15-13-6-7-18-17(13)19-9-14(15)20-11(2)21-16/h6-7,9,12H,3-5,8,10H2,1-2H3,(H,18,19). The van der Waals surface area contributed by atoms with Crippen molar-refractivity contribution in [2.45, 2.75) is 32.6 Å². The van der Waals surface area contributed by atoms with Crippen LogP contribution in [0.25, 0.3) is 21.9 Å². The number of rotatable bonds is 3. The fraction of sp³-hybridized carbons (Fsp3) is 0.471. The van der Waals surface area contributed by atoms with Gasteiger partial charge in [-0.25, -0.2) is 27.7 Å². The lowest BCUT2D eigenvalue weighted by molar-refractivity contribution is 0.314. The minimum atomic E-state index is -3.19. The highest BCUT2D eigenvalue weighted by Crippen LogP contribution is 2.34. The number of fused-ring (bicyclic) bond motifs is 3. The molecule has 8 heteroatoms. The zero-order valence-electron chi connectivity index (χ0n) is 14.4. The summed E-state index contributed by atoms with van der Waals surface area (Å²) in [7, 11) is -3.19. The van der Waals surface area contributed by atoms with Gasteiger partial charge in [0.2, 0.25) is 10.0 Å². The molecular weight excluding hydrogens is 338 g/mol. The van der Waals surface area contributed by atoms with Crippen molar-refractivity contribution in [2.75, 3.05) is 18.8 Å². The van der Waals surface area contributed by atoms with Gasteiger partial charge in [-0.3, -0.25) is 0 Å². The normalized spacial score (nSPS) is 19.7. The van der Waals surface area contributed by atoms with Gasteiger partial charge in [-0.2, -0.15) is 0 Å². The molecule has 0 aromatic carbocycles. The topological polar surface area (TPSA) is 91.8 Å². The second-order valence-electron chi connectivity index (χ2n) is 6.51. The van der Waals surface area contributed by atoms with Crippen molar-refractivity contribution < 1.29 is 8.42 Å². The Kier molecular flexibility index (Phi) is 3.96. The van der Waals surface area contributed by atoms with E-state index in [-0.39, 0.29) is 11.7 Å². The van der Waals surface area contributed by atoms with Crippen LogP contribution in [-0.4, -0.2) is 51.5 Å². The average molecular weight is 359 g/mol. The molecule has 1 saturated heterocycles. The summed E-state index contributed by atoms with van der Waals surface area (Å²) in [6.45, 7) is 4.64. The lowest BCUT2D eigenvalue weighted by Gasteiger charge is -2.32. The summed E-state index contributed by atoms with van der Waals surface area (Å²) in [4.78, 5) is 16.8. The second kappa shape index (κ2) is 6.03. The summed E-state index contributed by atoms with van der Waals surface area (Å²) in [5, 5.41) is 1.97. The second-order valence-corrected chi connectivity index (χ2v) is 8.77. The van der Waals surface area contributed by atoms with E-state index in [1.54, 1.807) is 17.4 Å². The predicted molar refractivity (Wildman–Crippen MR) is 96.9 cm³/mol. The minimum absolute atomic E-state index is 0.0692. The fourth-order valence-corrected chi connectivity index (χ4v) is 4.86. The van der Waals surface area contributed by atoms with Crippen LogP contribution in [0.15, 0.2) is 18.5 Å². The van der Waals surface area contributed by atoms with E-state index in [0.717, 1.165) is 40.5 Å². The molecule has 3 aromatic rings. The lowest BCUT2D eigenvalue weighted by Crippen LogP contribution is -2.40. The van der Waals surface area contributed by atoms with E-state index in [0.29, 0.717) is 18.9 Å². The van der Waals surface area contributed by atoms with Crippen LogP contribution < -0.4 is 0 Å². The Morgan fingerprint density at radius 2 is 2.20 bits per heavy atom. The van der Waals surface area contributed by atoms with Gasteiger partial charge in [0.15, 0.2) is 0 Å². The summed E-state index contributed by atoms with van der Waals surface area (Å²) in [5.41, 5.74) is 2.55. The number of H-pyrrole nitrogens is 1. The Labute approximate surface area is 146 Å². The molecule has 0 radical (unpaired) electrons. The summed E-state index contributed by atoms with van der Waals surface area (Å²) < 4.78 is 26.2. The number of sulfonamides is 1. The van der Waals surface area contributed by atoms with E-state index in [2.05, 4.69) is 15.0 Å². The molecule has 3 aromatic heterocycles. The third-order valence-electron chi connectivity index (χ3n) is 4.92. The molecule has 7 nitrogen and oxygen atoms in total. The van der Waals surface area contributed by atoms with Crippen molar-refractivity contribution in [1.82, 2.24) is 24.2 Å². The van der Waals surface area contributed by atoms with Gasteiger partial charge < -0.3 is 4.98 Å². The Hall–Kier alpha value is -2.06. The molecule has 4 heterocycles. The first-order valence-corrected chi connectivity index (χ1v) is 10.2. The Morgan fingerprint density at radius 1 is 1.36 bits per heavy atom. The summed E-state index contributed by atoms with van der Waals surface area (Å²) in [6, 6.07) is 1.98. The number of aromatic nitrogens is 4. The van der Waals surface area contributed by atoms with Crippen molar-refractivity contribution in [2.24, 2.45) is 0 Å². The molecule has 25 heavy (non-hydrogen) atoms. The van der Waals surface area contributed by atoms with E-state index in [1.165, 1.54) is 0 Å². The van der Waals surface area contributed by atoms with Gasteiger partial charge in [0.05, 0.1) is 23.2 Å². The van der Waals surface area contributed by atoms with Gasteiger partial charge in [-0.1, -0.05) is 0 Å². The molecule has 1 fully saturated rings. The van der Waals surface area contributed by atoms with E-state index in [4.69, 9.17) is 4.98 Å². The molecule has 1 aliphatic rings. The van der Waals surface area contributed by atoms with Gasteiger partial charge in [-0.15, -0.1) is 0 Å². The molecule has 1 atom stereocenters. The van der Waals surface area contributed by atoms with Crippen LogP contribution in [-0.2, 0) is 10.0 Å². The largest absolute Gasteiger partial charge is 0.346 e. The van der Waals surface area contributed by atoms with Crippen molar-refractivity contribution in [3.8, 4) is 0 Å². The maximum atomic E-state index is 12.3. The molecule has 4 rings (SSSR count). The molecular formula is C17H21N5O2S. The molecule has 0 saturated carbocycles. The number of nitrogens with one attached hydrogen (secondary N) is 1. The number of hydrogen-bond acceptors (Lipinski definition) is 5. The first kappa shape index (κ1) is 16.4. The van der Waals surface area contributed by atoms with Gasteiger partial charge in [0.1, 0.15) is 11.5 Å². The maximum Gasteiger partial charge on any atom is 0.213 e. The number of nitrogens with zero attached hydrogens (tertiary/aromatic N) is 4. The van der Waals surface area contributed by atoms with Gasteiger partial charge in [-0.05, 0) is 32.8 Å². The zero-order valence-corrected chi connectivity index (χ0v) is 15.2. The fourth-order valence-electron chi connectivity index (χ4n) is 3.68. The third-order valence-corrected chi connectivity index (χ3v) is 6.76. The number of hydrogen-bond donors (Lipinski definition) is 1. The van der Waals surface area contributed by atoms with Gasteiger partial charge in [0.25, 0.3) is 0 Å². The zero-order chi connectivity index (χ0) is 17.6. The van der Waals surface area contributed by atoms with Crippen molar-refractivity contribution in [1.29, 1.82) is 0 Å². The molecule has 0 spiro atoms. The van der Waals surface area contributed by atoms with Crippen LogP contribution in [0.5, 0.6) is 0 Å². The van der Waals surface area contributed by atoms with Gasteiger partial charge in [0, 0.05) is 36.0 Å². The number of piperidine rings is 1. The average Bonchev–Trinajstić information content (AvgIpc) is 3.09. The van der Waals surface area contributed by atoms with Crippen LogP contribution in [0.3, 0.4) is 0 Å². The van der Waals surface area contributed by atoms with E-state index >= 15 is 0 Å². The quantitative estimate of drug-likeness (QED) is 0.775. The molecule has 132 valence electrons. The summed E-state index contributed by atoms with van der Waals surface area (Å²) >= 11 is 0. The monoisotopic (exact) mass is 359 g/mol. The first-order chi connectivity index (χ1) is 12.0. The SMILES string of the molecule is CCS(=O)(=O)N1CCCC(c2nc(C)nc3cnc4[nH]ccc4c23)C1. The van der Waals surface area contributed by atoms with E-state index < -0.39 is 10.0 Å². The van der Waals surface area contributed by atoms with Crippen molar-refractivity contribution >= 4 is 32.0 Å². The van der Waals surface area contributed by atoms with Crippen molar-refractivity contribution in [3.05, 3.63) is 30.0 Å². The molecule has 1 N–H and O–H groups in total. The number of aryl methyl sites for hydroxylation is 1. The highest BCUT2D eigenvalue weighted by atomic mass is 32.2. The Bertz CT molecular complexity index is 1040. The summed E-state index contributed by atoms with van der Waals surface area (Å²) in [6.07, 6.45) is 5.39. The van der Waals surface area contributed by atoms with Crippen LogP contribution in [0.4, 0.5) is 0 Å². The summed E-state index contributed by atoms with van der Waals surface area (Å²) in [5.74, 6) is 0.893. The minimum Gasteiger partial charge on any atom is -0.346 e.